The molecule has 3 atom stereocenters. The molecule has 0 aromatic heterocycles. The third-order valence-electron chi connectivity index (χ3n) is 4.14. The highest BCUT2D eigenvalue weighted by molar-refractivity contribution is 6.07. The van der Waals surface area contributed by atoms with Crippen LogP contribution < -0.4 is 0 Å². The standard InChI is InChI=1S/C14H17N/c1-10-5-4-8-14(2)12-7-3-6-11(12)9-15-13(10)14/h3-5,7-8,11-12H,6,9H2,1-2H3/t11-,12-,14-/m1/s1. The van der Waals surface area contributed by atoms with E-state index in [2.05, 4.69) is 44.2 Å². The van der Waals surface area contributed by atoms with Crippen molar-refractivity contribution in [1.82, 2.24) is 0 Å². The van der Waals surface area contributed by atoms with Gasteiger partial charge in [-0.25, -0.2) is 0 Å². The van der Waals surface area contributed by atoms with Crippen LogP contribution in [-0.4, -0.2) is 12.3 Å². The Morgan fingerprint density at radius 1 is 1.47 bits per heavy atom. The van der Waals surface area contributed by atoms with Crippen LogP contribution in [0.2, 0.25) is 0 Å². The normalized spacial score (nSPS) is 42.0. The summed E-state index contributed by atoms with van der Waals surface area (Å²) in [5, 5.41) is 0. The smallest absolute Gasteiger partial charge is 0.0480 e. The molecular weight excluding hydrogens is 182 g/mol. The van der Waals surface area contributed by atoms with Crippen molar-refractivity contribution >= 4 is 5.71 Å². The first-order chi connectivity index (χ1) is 7.22. The van der Waals surface area contributed by atoms with Crippen molar-refractivity contribution in [2.45, 2.75) is 20.3 Å². The lowest BCUT2D eigenvalue weighted by molar-refractivity contribution is 0.294. The van der Waals surface area contributed by atoms with Crippen LogP contribution in [0.5, 0.6) is 0 Å². The summed E-state index contributed by atoms with van der Waals surface area (Å²) >= 11 is 0. The lowest BCUT2D eigenvalue weighted by atomic mass is 9.64. The van der Waals surface area contributed by atoms with Crippen molar-refractivity contribution < 1.29 is 0 Å². The van der Waals surface area contributed by atoms with Gasteiger partial charge in [0, 0.05) is 17.7 Å². The fraction of sp³-hybridized carbons (Fsp3) is 0.500. The highest BCUT2D eigenvalue weighted by Crippen LogP contribution is 2.47. The monoisotopic (exact) mass is 199 g/mol. The third-order valence-corrected chi connectivity index (χ3v) is 4.14. The number of rotatable bonds is 0. The summed E-state index contributed by atoms with van der Waals surface area (Å²) < 4.78 is 0. The number of hydrogen-bond acceptors (Lipinski definition) is 1. The second kappa shape index (κ2) is 2.94. The van der Waals surface area contributed by atoms with Crippen LogP contribution in [-0.2, 0) is 0 Å². The number of allylic oxidation sites excluding steroid dienone is 6. The van der Waals surface area contributed by atoms with Gasteiger partial charge in [0.1, 0.15) is 0 Å². The molecule has 78 valence electrons. The van der Waals surface area contributed by atoms with E-state index in [1.807, 2.05) is 0 Å². The predicted octanol–water partition coefficient (Wildman–Crippen LogP) is 3.16. The van der Waals surface area contributed by atoms with Gasteiger partial charge in [-0.15, -0.1) is 0 Å². The van der Waals surface area contributed by atoms with Gasteiger partial charge in [0.2, 0.25) is 0 Å². The van der Waals surface area contributed by atoms with Crippen LogP contribution >= 0.6 is 0 Å². The van der Waals surface area contributed by atoms with E-state index in [1.54, 1.807) is 0 Å². The van der Waals surface area contributed by atoms with Gasteiger partial charge in [0.05, 0.1) is 0 Å². The zero-order chi connectivity index (χ0) is 10.5. The lowest BCUT2D eigenvalue weighted by Gasteiger charge is -2.42. The average Bonchev–Trinajstić information content (AvgIpc) is 2.66. The van der Waals surface area contributed by atoms with E-state index in [4.69, 9.17) is 4.99 Å². The molecule has 0 aromatic carbocycles. The molecule has 2 aliphatic carbocycles. The highest BCUT2D eigenvalue weighted by Gasteiger charge is 2.45. The van der Waals surface area contributed by atoms with Gasteiger partial charge in [-0.05, 0) is 37.7 Å². The Morgan fingerprint density at radius 2 is 2.33 bits per heavy atom. The van der Waals surface area contributed by atoms with Crippen LogP contribution in [0.25, 0.3) is 0 Å². The Morgan fingerprint density at radius 3 is 3.20 bits per heavy atom. The van der Waals surface area contributed by atoms with E-state index >= 15 is 0 Å². The zero-order valence-electron chi connectivity index (χ0n) is 9.40. The molecule has 0 N–H and O–H groups in total. The summed E-state index contributed by atoms with van der Waals surface area (Å²) in [5.41, 5.74) is 2.82. The van der Waals surface area contributed by atoms with Gasteiger partial charge in [0.15, 0.2) is 0 Å². The topological polar surface area (TPSA) is 12.4 Å². The maximum atomic E-state index is 4.80. The summed E-state index contributed by atoms with van der Waals surface area (Å²) in [7, 11) is 0. The van der Waals surface area contributed by atoms with E-state index in [-0.39, 0.29) is 5.41 Å². The first kappa shape index (κ1) is 9.14. The highest BCUT2D eigenvalue weighted by atomic mass is 14.8. The first-order valence-electron chi connectivity index (χ1n) is 5.80. The Bertz CT molecular complexity index is 411. The van der Waals surface area contributed by atoms with E-state index in [0.717, 1.165) is 12.5 Å². The maximum Gasteiger partial charge on any atom is 0.0480 e. The molecule has 0 spiro atoms. The van der Waals surface area contributed by atoms with E-state index in [0.29, 0.717) is 5.92 Å². The molecule has 1 heterocycles. The van der Waals surface area contributed by atoms with Crippen LogP contribution in [0.4, 0.5) is 0 Å². The van der Waals surface area contributed by atoms with Crippen molar-refractivity contribution in [3.63, 3.8) is 0 Å². The van der Waals surface area contributed by atoms with Gasteiger partial charge < -0.3 is 0 Å². The molecule has 0 amide bonds. The Labute approximate surface area is 91.3 Å². The second-order valence-electron chi connectivity index (χ2n) is 5.13. The molecule has 0 saturated carbocycles. The molecule has 0 radical (unpaired) electrons. The molecule has 0 bridgehead atoms. The molecule has 3 rings (SSSR count). The summed E-state index contributed by atoms with van der Waals surface area (Å²) in [4.78, 5) is 4.80. The van der Waals surface area contributed by atoms with Crippen molar-refractivity contribution in [1.29, 1.82) is 0 Å². The Balaban J connectivity index is 2.11. The minimum Gasteiger partial charge on any atom is -0.288 e. The molecular formula is C14H17N. The number of fused-ring (bicyclic) bond motifs is 3. The van der Waals surface area contributed by atoms with Crippen molar-refractivity contribution in [3.05, 3.63) is 36.0 Å². The fourth-order valence-corrected chi connectivity index (χ4v) is 3.33. The maximum absolute atomic E-state index is 4.80. The molecule has 0 saturated heterocycles. The Kier molecular flexibility index (Phi) is 1.79. The average molecular weight is 199 g/mol. The molecule has 3 aliphatic rings. The largest absolute Gasteiger partial charge is 0.288 e. The first-order valence-corrected chi connectivity index (χ1v) is 5.80. The van der Waals surface area contributed by atoms with Crippen LogP contribution in [0.3, 0.4) is 0 Å². The van der Waals surface area contributed by atoms with E-state index in [1.165, 1.54) is 17.7 Å². The number of nitrogens with zero attached hydrogens (tertiary/aromatic N) is 1. The van der Waals surface area contributed by atoms with Gasteiger partial charge in [-0.3, -0.25) is 4.99 Å². The van der Waals surface area contributed by atoms with Gasteiger partial charge in [0.25, 0.3) is 0 Å². The zero-order valence-corrected chi connectivity index (χ0v) is 9.40. The molecule has 0 unspecified atom stereocenters. The van der Waals surface area contributed by atoms with E-state index in [9.17, 15) is 0 Å². The SMILES string of the molecule is CC1=CC=C[C@@]2(C)C1=NC[C@H]1CC=C[C@H]12. The van der Waals surface area contributed by atoms with Gasteiger partial charge >= 0.3 is 0 Å². The van der Waals surface area contributed by atoms with Crippen LogP contribution in [0.1, 0.15) is 20.3 Å². The van der Waals surface area contributed by atoms with Crippen LogP contribution in [0.15, 0.2) is 40.9 Å². The molecule has 0 fully saturated rings. The molecule has 1 nitrogen and oxygen atoms in total. The van der Waals surface area contributed by atoms with Crippen molar-refractivity contribution in [2.75, 3.05) is 6.54 Å². The van der Waals surface area contributed by atoms with Gasteiger partial charge in [-0.2, -0.15) is 0 Å². The van der Waals surface area contributed by atoms with Gasteiger partial charge in [-0.1, -0.05) is 30.4 Å². The van der Waals surface area contributed by atoms with E-state index < -0.39 is 0 Å². The Hall–Kier alpha value is -1.11. The predicted molar refractivity (Wildman–Crippen MR) is 64.0 cm³/mol. The minimum absolute atomic E-state index is 0.161. The lowest BCUT2D eigenvalue weighted by Crippen LogP contribution is -2.42. The molecule has 1 heteroatoms. The minimum atomic E-state index is 0.161. The molecule has 0 aromatic rings. The van der Waals surface area contributed by atoms with Crippen molar-refractivity contribution in [3.8, 4) is 0 Å². The second-order valence-corrected chi connectivity index (χ2v) is 5.13. The van der Waals surface area contributed by atoms with Crippen LogP contribution in [0, 0.1) is 17.3 Å². The molecule has 15 heavy (non-hydrogen) atoms. The third kappa shape index (κ3) is 1.12. The summed E-state index contributed by atoms with van der Waals surface area (Å²) in [6.07, 6.45) is 12.7. The fourth-order valence-electron chi connectivity index (χ4n) is 3.33. The molecule has 1 aliphatic heterocycles. The summed E-state index contributed by atoms with van der Waals surface area (Å²) in [6, 6.07) is 0. The summed E-state index contributed by atoms with van der Waals surface area (Å²) in [6.45, 7) is 5.53. The quantitative estimate of drug-likeness (QED) is 0.531. The van der Waals surface area contributed by atoms with Crippen molar-refractivity contribution in [2.24, 2.45) is 22.2 Å². The summed E-state index contributed by atoms with van der Waals surface area (Å²) in [5.74, 6) is 1.42. The number of aliphatic imine (C=N–C) groups is 1. The number of hydrogen-bond donors (Lipinski definition) is 0.